The summed E-state index contributed by atoms with van der Waals surface area (Å²) in [5.74, 6) is 0.102. The highest BCUT2D eigenvalue weighted by Gasteiger charge is 1.90. The van der Waals surface area contributed by atoms with Crippen LogP contribution in [-0.4, -0.2) is 9.97 Å². The molecule has 1 heterocycles. The van der Waals surface area contributed by atoms with Crippen molar-refractivity contribution < 1.29 is 0 Å². The van der Waals surface area contributed by atoms with Gasteiger partial charge in [0.05, 0.1) is 0 Å². The largest absolute Gasteiger partial charge is 0.368 e. The number of nitrogens with zero attached hydrogens (tertiary/aromatic N) is 3. The molecule has 0 aliphatic heterocycles. The minimum absolute atomic E-state index is 0.102. The van der Waals surface area contributed by atoms with E-state index in [2.05, 4.69) is 16.0 Å². The zero-order chi connectivity index (χ0) is 6.69. The van der Waals surface area contributed by atoms with Crippen LogP contribution in [0, 0.1) is 17.4 Å². The fourth-order valence-electron chi connectivity index (χ4n) is 0.393. The van der Waals surface area contributed by atoms with Gasteiger partial charge in [0.1, 0.15) is 6.07 Å². The van der Waals surface area contributed by atoms with Crippen LogP contribution in [-0.2, 0) is 0 Å². The van der Waals surface area contributed by atoms with Crippen LogP contribution in [0.3, 0.4) is 0 Å². The maximum absolute atomic E-state index is 8.23. The molecule has 1 aromatic rings. The Morgan fingerprint density at radius 1 is 1.78 bits per heavy atom. The van der Waals surface area contributed by atoms with Crippen molar-refractivity contribution in [2.24, 2.45) is 0 Å². The minimum atomic E-state index is 0.102. The molecule has 0 saturated heterocycles. The lowest BCUT2D eigenvalue weighted by Gasteiger charge is -1.86. The summed E-state index contributed by atoms with van der Waals surface area (Å²) in [5, 5.41) is 8.23. The lowest BCUT2D eigenvalue weighted by Crippen LogP contribution is -1.94. The standard InChI is InChI=1S/C5H3N4/c6-3-4-1-2-8-5(7)9-4/h2H,(H2,7,8,9). The lowest BCUT2D eigenvalue weighted by atomic mass is 10.4. The highest BCUT2D eigenvalue weighted by molar-refractivity contribution is 5.24. The molecule has 1 aromatic heterocycles. The molecule has 0 unspecified atom stereocenters. The first-order valence-electron chi connectivity index (χ1n) is 2.23. The fourth-order valence-corrected chi connectivity index (χ4v) is 0.393. The molecule has 2 N–H and O–H groups in total. The van der Waals surface area contributed by atoms with Crippen LogP contribution in [0.4, 0.5) is 5.95 Å². The van der Waals surface area contributed by atoms with Gasteiger partial charge in [0.25, 0.3) is 0 Å². The molecule has 1 radical (unpaired) electrons. The molecule has 0 amide bonds. The van der Waals surface area contributed by atoms with Crippen LogP contribution in [0.5, 0.6) is 0 Å². The molecule has 4 nitrogen and oxygen atoms in total. The second-order valence-electron chi connectivity index (χ2n) is 1.33. The van der Waals surface area contributed by atoms with Gasteiger partial charge in [-0.1, -0.05) is 0 Å². The van der Waals surface area contributed by atoms with E-state index in [-0.39, 0.29) is 11.6 Å². The maximum Gasteiger partial charge on any atom is 0.221 e. The van der Waals surface area contributed by atoms with Gasteiger partial charge < -0.3 is 5.73 Å². The first-order chi connectivity index (χ1) is 4.33. The number of aromatic nitrogens is 2. The van der Waals surface area contributed by atoms with E-state index < -0.39 is 0 Å². The van der Waals surface area contributed by atoms with E-state index in [1.165, 1.54) is 6.20 Å². The van der Waals surface area contributed by atoms with Crippen molar-refractivity contribution in [1.29, 1.82) is 5.26 Å². The van der Waals surface area contributed by atoms with Crippen LogP contribution < -0.4 is 5.73 Å². The van der Waals surface area contributed by atoms with E-state index >= 15 is 0 Å². The van der Waals surface area contributed by atoms with Crippen molar-refractivity contribution in [3.05, 3.63) is 18.0 Å². The average Bonchev–Trinajstić information content (AvgIpc) is 1.88. The highest BCUT2D eigenvalue weighted by Crippen LogP contribution is 1.90. The van der Waals surface area contributed by atoms with Crippen molar-refractivity contribution in [2.75, 3.05) is 5.73 Å². The molecular formula is C5H3N4. The Morgan fingerprint density at radius 2 is 2.56 bits per heavy atom. The van der Waals surface area contributed by atoms with Crippen LogP contribution in [0.2, 0.25) is 0 Å². The number of nitriles is 1. The smallest absolute Gasteiger partial charge is 0.221 e. The molecular weight excluding hydrogens is 116 g/mol. The van der Waals surface area contributed by atoms with E-state index in [1.54, 1.807) is 6.07 Å². The summed E-state index contributed by atoms with van der Waals surface area (Å²) in [5.41, 5.74) is 5.31. The van der Waals surface area contributed by atoms with Crippen molar-refractivity contribution in [2.45, 2.75) is 0 Å². The van der Waals surface area contributed by atoms with Gasteiger partial charge in [0.15, 0.2) is 5.69 Å². The van der Waals surface area contributed by atoms with Gasteiger partial charge in [0.2, 0.25) is 5.95 Å². The van der Waals surface area contributed by atoms with Gasteiger partial charge in [-0.25, -0.2) is 9.97 Å². The van der Waals surface area contributed by atoms with E-state index in [4.69, 9.17) is 11.0 Å². The van der Waals surface area contributed by atoms with Crippen molar-refractivity contribution in [3.8, 4) is 6.07 Å². The van der Waals surface area contributed by atoms with Crippen LogP contribution in [0.15, 0.2) is 6.20 Å². The van der Waals surface area contributed by atoms with Gasteiger partial charge in [-0.15, -0.1) is 0 Å². The van der Waals surface area contributed by atoms with E-state index in [1.807, 2.05) is 0 Å². The van der Waals surface area contributed by atoms with Crippen LogP contribution in [0.25, 0.3) is 0 Å². The van der Waals surface area contributed by atoms with E-state index in [0.717, 1.165) is 0 Å². The average molecular weight is 119 g/mol. The molecule has 0 fully saturated rings. The molecule has 0 spiro atoms. The normalized spacial score (nSPS) is 8.33. The highest BCUT2D eigenvalue weighted by atomic mass is 15.0. The summed E-state index contributed by atoms with van der Waals surface area (Å²) in [6.07, 6.45) is 1.32. The number of hydrogen-bond acceptors (Lipinski definition) is 4. The fraction of sp³-hybridized carbons (Fsp3) is 0. The third-order valence-corrected chi connectivity index (χ3v) is 0.730. The minimum Gasteiger partial charge on any atom is -0.368 e. The summed E-state index contributed by atoms with van der Waals surface area (Å²) in [7, 11) is 0. The number of rotatable bonds is 0. The van der Waals surface area contributed by atoms with E-state index in [0.29, 0.717) is 0 Å². The van der Waals surface area contributed by atoms with Crippen molar-refractivity contribution in [3.63, 3.8) is 0 Å². The van der Waals surface area contributed by atoms with Crippen LogP contribution in [0.1, 0.15) is 5.69 Å². The Morgan fingerprint density at radius 3 is 3.00 bits per heavy atom. The molecule has 4 heteroatoms. The monoisotopic (exact) mass is 119 g/mol. The molecule has 9 heavy (non-hydrogen) atoms. The molecule has 0 aliphatic carbocycles. The zero-order valence-corrected chi connectivity index (χ0v) is 4.50. The summed E-state index contributed by atoms with van der Waals surface area (Å²) in [6.45, 7) is 0. The Hall–Kier alpha value is -1.63. The second kappa shape index (κ2) is 2.09. The zero-order valence-electron chi connectivity index (χ0n) is 4.50. The lowest BCUT2D eigenvalue weighted by molar-refractivity contribution is 1.15. The molecule has 0 aromatic carbocycles. The SMILES string of the molecule is N#Cc1[c]cnc(N)n1. The number of nitrogens with two attached hydrogens (primary N) is 1. The predicted octanol–water partition coefficient (Wildman–Crippen LogP) is -0.269. The predicted molar refractivity (Wildman–Crippen MR) is 30.0 cm³/mol. The van der Waals surface area contributed by atoms with Crippen molar-refractivity contribution in [1.82, 2.24) is 9.97 Å². The summed E-state index contributed by atoms with van der Waals surface area (Å²) < 4.78 is 0. The van der Waals surface area contributed by atoms with Gasteiger partial charge in [-0.2, -0.15) is 5.26 Å². The Kier molecular flexibility index (Phi) is 1.28. The maximum atomic E-state index is 8.23. The van der Waals surface area contributed by atoms with Crippen LogP contribution >= 0.6 is 0 Å². The number of hydrogen-bond donors (Lipinski definition) is 1. The molecule has 0 bridgehead atoms. The molecule has 43 valence electrons. The first-order valence-corrected chi connectivity index (χ1v) is 2.23. The Balaban J connectivity index is 3.12. The van der Waals surface area contributed by atoms with Gasteiger partial charge >= 0.3 is 0 Å². The molecule has 1 rings (SSSR count). The summed E-state index contributed by atoms with van der Waals surface area (Å²) >= 11 is 0. The first kappa shape index (κ1) is 5.51. The number of anilines is 1. The third kappa shape index (κ3) is 1.13. The molecule has 0 atom stereocenters. The molecule has 0 saturated carbocycles. The van der Waals surface area contributed by atoms with Gasteiger partial charge in [-0.3, -0.25) is 0 Å². The molecule has 0 aliphatic rings. The quantitative estimate of drug-likeness (QED) is 0.510. The topological polar surface area (TPSA) is 75.6 Å². The second-order valence-corrected chi connectivity index (χ2v) is 1.33. The Labute approximate surface area is 52.0 Å². The van der Waals surface area contributed by atoms with E-state index in [9.17, 15) is 0 Å². The summed E-state index contributed by atoms with van der Waals surface area (Å²) in [4.78, 5) is 7.09. The van der Waals surface area contributed by atoms with Crippen molar-refractivity contribution >= 4 is 5.95 Å². The Bertz CT molecular complexity index is 249. The summed E-state index contributed by atoms with van der Waals surface area (Å²) in [6, 6.07) is 4.28. The number of nitrogen functional groups attached to an aromatic ring is 1. The third-order valence-electron chi connectivity index (χ3n) is 0.730. The van der Waals surface area contributed by atoms with Gasteiger partial charge in [-0.05, 0) is 0 Å². The van der Waals surface area contributed by atoms with Gasteiger partial charge in [0, 0.05) is 12.3 Å².